The van der Waals surface area contributed by atoms with Gasteiger partial charge in [-0.15, -0.1) is 0 Å². The Kier molecular flexibility index (Phi) is 13.5. The van der Waals surface area contributed by atoms with E-state index in [-0.39, 0.29) is 57.3 Å². The normalized spacial score (nSPS) is 12.4. The average molecular weight is 1100 g/mol. The van der Waals surface area contributed by atoms with Crippen LogP contribution >= 0.6 is 0 Å². The van der Waals surface area contributed by atoms with Gasteiger partial charge < -0.3 is 18.9 Å². The van der Waals surface area contributed by atoms with E-state index in [9.17, 15) is 25.9 Å². The molecule has 12 aromatic rings. The second-order valence-corrected chi connectivity index (χ2v) is 21.0. The third kappa shape index (κ3) is 11.7. The van der Waals surface area contributed by atoms with Crippen LogP contribution in [0.3, 0.4) is 0 Å². The lowest BCUT2D eigenvalue weighted by Gasteiger charge is -2.10. The van der Waals surface area contributed by atoms with Crippen molar-refractivity contribution in [1.29, 1.82) is 0 Å². The zero-order chi connectivity index (χ0) is 54.8. The van der Waals surface area contributed by atoms with Gasteiger partial charge in [0.15, 0.2) is 0 Å². The third-order valence-electron chi connectivity index (χ3n) is 12.7. The highest BCUT2D eigenvalue weighted by Crippen LogP contribution is 2.33. The summed E-state index contributed by atoms with van der Waals surface area (Å²) < 4.78 is 98.1. The van der Waals surface area contributed by atoms with Gasteiger partial charge in [-0.1, -0.05) is 146 Å². The minimum atomic E-state index is -4.94. The molecule has 2 aromatic heterocycles. The van der Waals surface area contributed by atoms with E-state index in [4.69, 9.17) is 18.9 Å². The first-order valence-electron chi connectivity index (χ1n) is 24.7. The Morgan fingerprint density at radius 2 is 0.675 bits per heavy atom. The van der Waals surface area contributed by atoms with Gasteiger partial charge in [0.1, 0.15) is 32.8 Å². The molecule has 0 bridgehead atoms. The summed E-state index contributed by atoms with van der Waals surface area (Å²) in [5, 5.41) is 7.83. The van der Waals surface area contributed by atoms with Crippen molar-refractivity contribution >= 4 is 86.9 Å². The molecule has 0 aliphatic rings. The molecule has 2 heterocycles. The molecule has 0 unspecified atom stereocenters. The summed E-state index contributed by atoms with van der Waals surface area (Å²) in [6.07, 6.45) is 2.54. The quantitative estimate of drug-likeness (QED) is 0.0589. The Morgan fingerprint density at radius 1 is 0.362 bits per heavy atom. The first-order chi connectivity index (χ1) is 38.8. The van der Waals surface area contributed by atoms with Crippen LogP contribution < -0.4 is 30.2 Å². The van der Waals surface area contributed by atoms with Crippen molar-refractivity contribution in [3.63, 3.8) is 0 Å². The number of nitrogens with one attached hydrogen (secondary N) is 2. The van der Waals surface area contributed by atoms with E-state index in [1.165, 1.54) is 36.4 Å². The highest BCUT2D eigenvalue weighted by molar-refractivity contribution is 7.86. The lowest BCUT2D eigenvalue weighted by molar-refractivity contribution is 0.428. The fraction of sp³-hybridized carbons (Fsp3) is 0. The summed E-state index contributed by atoms with van der Waals surface area (Å²) in [5.74, 6) is 2.55. The second-order valence-electron chi connectivity index (χ2n) is 18.2. The van der Waals surface area contributed by atoms with E-state index in [2.05, 4.69) is 29.9 Å². The summed E-state index contributed by atoms with van der Waals surface area (Å²) >= 11 is 0. The number of H-pyrrole nitrogens is 2. The first kappa shape index (κ1) is 50.6. The van der Waals surface area contributed by atoms with Gasteiger partial charge in [-0.3, -0.25) is 19.1 Å². The molecule has 80 heavy (non-hydrogen) atoms. The molecular weight excluding hydrogens is 1050 g/mol. The third-order valence-corrected chi connectivity index (χ3v) is 14.5. The van der Waals surface area contributed by atoms with E-state index in [0.717, 1.165) is 55.2 Å². The largest absolute Gasteiger partial charge is 0.441 e. The molecule has 4 N–H and O–H groups in total. The van der Waals surface area contributed by atoms with Crippen LogP contribution in [-0.4, -0.2) is 45.9 Å². The number of aromatic nitrogens is 4. The van der Waals surface area contributed by atoms with Crippen molar-refractivity contribution < 1.29 is 44.9 Å². The summed E-state index contributed by atoms with van der Waals surface area (Å²) in [5.41, 5.74) is -0.0901. The highest BCUT2D eigenvalue weighted by Gasteiger charge is 2.19. The van der Waals surface area contributed by atoms with Crippen LogP contribution in [0.5, 0.6) is 46.5 Å². The lowest BCUT2D eigenvalue weighted by Crippen LogP contribution is -2.14. The van der Waals surface area contributed by atoms with Gasteiger partial charge in [0.25, 0.3) is 20.2 Å². The molecule has 0 aliphatic heterocycles. The Bertz CT molecular complexity index is 4320. The topological polar surface area (TPSA) is 228 Å². The zero-order valence-electron chi connectivity index (χ0n) is 41.7. The number of nitrogens with zero attached hydrogens (tertiary/aromatic N) is 4. The molecular formula is C62H42N6O10S2. The van der Waals surface area contributed by atoms with Gasteiger partial charge in [0.2, 0.25) is 34.8 Å². The molecule has 0 saturated carbocycles. The molecule has 0 amide bonds. The van der Waals surface area contributed by atoms with E-state index in [1.807, 2.05) is 158 Å². The molecule has 12 rings (SSSR count). The van der Waals surface area contributed by atoms with Gasteiger partial charge in [-0.05, 0) is 127 Å². The molecule has 0 aliphatic carbocycles. The smallest absolute Gasteiger partial charge is 0.295 e. The van der Waals surface area contributed by atoms with Crippen LogP contribution in [0.4, 0.5) is 11.4 Å². The Hall–Kier alpha value is -10.2. The number of hydrogen-bond donors (Lipinski definition) is 4. The Morgan fingerprint density at radius 3 is 1.00 bits per heavy atom. The van der Waals surface area contributed by atoms with Crippen LogP contribution in [0, 0.1) is 0 Å². The molecule has 0 radical (unpaired) electrons. The zero-order valence-corrected chi connectivity index (χ0v) is 43.3. The SMILES string of the molecule is O=S(=O)(O)c1cc(N=c2nc(Oc3ccc4ccccc4c3)cc(Oc3ccc4ccccc4c3)[nH]2)ccc1C=Cc1ccc(N=c2nc(Oc3ccc4ccccc4c3)cc(Oc3ccc4ccccc4c3)[nH]2)cc1S(=O)(=O)O. The molecule has 18 heteroatoms. The Balaban J connectivity index is 0.870. The lowest BCUT2D eigenvalue weighted by atomic mass is 10.1. The molecule has 10 aromatic carbocycles. The predicted octanol–water partition coefficient (Wildman–Crippen LogP) is 14.0. The standard InChI is InChI=1S/C62H42N6O10S2/c69-79(70,71)55-35-49(63-61-65-57(75-51-27-21-39-9-1-5-13-45(39)31-51)37-58(66-61)76-52-28-22-40-10-2-6-14-46(40)32-52)25-19-43(55)17-18-44-20-26-50(36-56(44)80(72,73)74)64-62-67-59(77-53-29-23-41-11-3-7-15-47(41)33-53)38-60(68-62)78-54-30-24-42-12-4-8-16-48(42)34-54/h1-38H,(H,63,65,66)(H,64,67,68)(H,69,70,71)(H,72,73,74). The fourth-order valence-electron chi connectivity index (χ4n) is 8.92. The van der Waals surface area contributed by atoms with E-state index >= 15 is 0 Å². The average Bonchev–Trinajstić information content (AvgIpc) is 3.45. The van der Waals surface area contributed by atoms with Crippen LogP contribution in [-0.2, 0) is 20.2 Å². The molecule has 16 nitrogen and oxygen atoms in total. The van der Waals surface area contributed by atoms with Crippen molar-refractivity contribution in [2.75, 3.05) is 0 Å². The minimum absolute atomic E-state index is 0.0439. The summed E-state index contributed by atoms with van der Waals surface area (Å²) in [6, 6.07) is 64.6. The summed E-state index contributed by atoms with van der Waals surface area (Å²) in [7, 11) is -9.88. The molecule has 0 atom stereocenters. The van der Waals surface area contributed by atoms with Crippen molar-refractivity contribution in [1.82, 2.24) is 19.9 Å². The maximum Gasteiger partial charge on any atom is 0.295 e. The van der Waals surface area contributed by atoms with Crippen molar-refractivity contribution in [2.45, 2.75) is 9.79 Å². The van der Waals surface area contributed by atoms with Crippen molar-refractivity contribution in [3.8, 4) is 46.5 Å². The van der Waals surface area contributed by atoms with Crippen molar-refractivity contribution in [2.24, 2.45) is 9.98 Å². The van der Waals surface area contributed by atoms with Gasteiger partial charge in [-0.2, -0.15) is 26.8 Å². The van der Waals surface area contributed by atoms with E-state index in [1.54, 1.807) is 24.3 Å². The van der Waals surface area contributed by atoms with Gasteiger partial charge in [0, 0.05) is 0 Å². The van der Waals surface area contributed by atoms with Crippen LogP contribution in [0.25, 0.3) is 55.2 Å². The van der Waals surface area contributed by atoms with Gasteiger partial charge in [-0.25, -0.2) is 9.98 Å². The maximum atomic E-state index is 13.0. The monoisotopic (exact) mass is 1090 g/mol. The molecule has 0 saturated heterocycles. The fourth-order valence-corrected chi connectivity index (χ4v) is 10.3. The second kappa shape index (κ2) is 21.3. The number of benzene rings is 10. The van der Waals surface area contributed by atoms with E-state index < -0.39 is 30.0 Å². The molecule has 0 spiro atoms. The number of hydrogen-bond acceptors (Lipinski definition) is 12. The summed E-state index contributed by atoms with van der Waals surface area (Å²) in [4.78, 5) is 23.2. The predicted molar refractivity (Wildman–Crippen MR) is 305 cm³/mol. The number of fused-ring (bicyclic) bond motifs is 4. The molecule has 392 valence electrons. The van der Waals surface area contributed by atoms with Crippen LogP contribution in [0.15, 0.2) is 238 Å². The minimum Gasteiger partial charge on any atom is -0.441 e. The van der Waals surface area contributed by atoms with Crippen molar-refractivity contribution in [3.05, 3.63) is 241 Å². The van der Waals surface area contributed by atoms with Crippen LogP contribution in [0.2, 0.25) is 0 Å². The highest BCUT2D eigenvalue weighted by atomic mass is 32.2. The first-order valence-corrected chi connectivity index (χ1v) is 27.5. The molecule has 0 fully saturated rings. The maximum absolute atomic E-state index is 13.0. The number of ether oxygens (including phenoxy) is 4. The van der Waals surface area contributed by atoms with Crippen LogP contribution in [0.1, 0.15) is 11.1 Å². The van der Waals surface area contributed by atoms with E-state index in [0.29, 0.717) is 23.0 Å². The van der Waals surface area contributed by atoms with Gasteiger partial charge >= 0.3 is 0 Å². The van der Waals surface area contributed by atoms with Gasteiger partial charge in [0.05, 0.1) is 23.5 Å². The summed E-state index contributed by atoms with van der Waals surface area (Å²) in [6.45, 7) is 0. The number of rotatable bonds is 14. The number of aromatic amines is 2. The Labute approximate surface area is 456 Å².